The normalized spacial score (nSPS) is 11.4. The SMILES string of the molecule is C=CC[C@@H](N)c1ccc(F)c([N+](=O)[O-])c1.Cl. The van der Waals surface area contributed by atoms with Crippen molar-refractivity contribution in [2.75, 3.05) is 0 Å². The largest absolute Gasteiger partial charge is 0.324 e. The minimum atomic E-state index is -0.852. The summed E-state index contributed by atoms with van der Waals surface area (Å²) in [6.45, 7) is 3.51. The molecule has 0 saturated heterocycles. The summed E-state index contributed by atoms with van der Waals surface area (Å²) < 4.78 is 13.0. The van der Waals surface area contributed by atoms with E-state index >= 15 is 0 Å². The highest BCUT2D eigenvalue weighted by molar-refractivity contribution is 5.85. The first-order valence-corrected chi connectivity index (χ1v) is 4.36. The van der Waals surface area contributed by atoms with Crippen molar-refractivity contribution in [2.24, 2.45) is 5.73 Å². The zero-order valence-corrected chi connectivity index (χ0v) is 9.24. The molecule has 1 aromatic rings. The number of nitro benzene ring substituents is 1. The summed E-state index contributed by atoms with van der Waals surface area (Å²) in [4.78, 5) is 9.69. The number of nitrogens with two attached hydrogens (primary N) is 1. The predicted octanol–water partition coefficient (Wildman–Crippen LogP) is 2.73. The smallest absolute Gasteiger partial charge is 0.305 e. The van der Waals surface area contributed by atoms with Crippen molar-refractivity contribution in [2.45, 2.75) is 12.5 Å². The molecule has 88 valence electrons. The van der Waals surface area contributed by atoms with Crippen LogP contribution in [0.2, 0.25) is 0 Å². The van der Waals surface area contributed by atoms with Gasteiger partial charge in [0.1, 0.15) is 0 Å². The van der Waals surface area contributed by atoms with Crippen LogP contribution in [0.4, 0.5) is 10.1 Å². The van der Waals surface area contributed by atoms with Gasteiger partial charge in [0.15, 0.2) is 0 Å². The molecule has 0 aromatic heterocycles. The Morgan fingerprint density at radius 2 is 2.25 bits per heavy atom. The molecule has 0 aliphatic rings. The Morgan fingerprint density at radius 3 is 2.75 bits per heavy atom. The van der Waals surface area contributed by atoms with Crippen LogP contribution in [-0.4, -0.2) is 4.92 Å². The highest BCUT2D eigenvalue weighted by Crippen LogP contribution is 2.23. The van der Waals surface area contributed by atoms with Crippen LogP contribution < -0.4 is 5.73 Å². The monoisotopic (exact) mass is 246 g/mol. The molecule has 2 N–H and O–H groups in total. The summed E-state index contributed by atoms with van der Waals surface area (Å²) in [5, 5.41) is 10.5. The first kappa shape index (κ1) is 14.5. The van der Waals surface area contributed by atoms with Gasteiger partial charge < -0.3 is 5.73 Å². The second-order valence-corrected chi connectivity index (χ2v) is 3.10. The van der Waals surface area contributed by atoms with Crippen LogP contribution in [0.25, 0.3) is 0 Å². The summed E-state index contributed by atoms with van der Waals surface area (Å²) >= 11 is 0. The lowest BCUT2D eigenvalue weighted by Crippen LogP contribution is -2.09. The van der Waals surface area contributed by atoms with Gasteiger partial charge in [-0.2, -0.15) is 4.39 Å². The van der Waals surface area contributed by atoms with Crippen molar-refractivity contribution in [3.8, 4) is 0 Å². The molecule has 1 atom stereocenters. The summed E-state index contributed by atoms with van der Waals surface area (Å²) in [6.07, 6.45) is 2.10. The van der Waals surface area contributed by atoms with Crippen molar-refractivity contribution in [1.29, 1.82) is 0 Å². The zero-order valence-electron chi connectivity index (χ0n) is 8.43. The second kappa shape index (κ2) is 6.19. The lowest BCUT2D eigenvalue weighted by molar-refractivity contribution is -0.387. The third-order valence-electron chi connectivity index (χ3n) is 2.02. The highest BCUT2D eigenvalue weighted by Gasteiger charge is 2.16. The quantitative estimate of drug-likeness (QED) is 0.505. The number of benzene rings is 1. The maximum absolute atomic E-state index is 13.0. The molecule has 0 heterocycles. The Labute approximate surface area is 98.5 Å². The van der Waals surface area contributed by atoms with Gasteiger partial charge in [-0.3, -0.25) is 10.1 Å². The van der Waals surface area contributed by atoms with Gasteiger partial charge in [-0.05, 0) is 18.1 Å². The Balaban J connectivity index is 0.00000225. The van der Waals surface area contributed by atoms with Crippen LogP contribution in [-0.2, 0) is 0 Å². The topological polar surface area (TPSA) is 69.2 Å². The number of rotatable bonds is 4. The van der Waals surface area contributed by atoms with Crippen LogP contribution in [0.5, 0.6) is 0 Å². The highest BCUT2D eigenvalue weighted by atomic mass is 35.5. The number of halogens is 2. The Hall–Kier alpha value is -1.46. The first-order chi connectivity index (χ1) is 7.06. The van der Waals surface area contributed by atoms with Gasteiger partial charge in [0.2, 0.25) is 5.82 Å². The fourth-order valence-corrected chi connectivity index (χ4v) is 1.22. The molecular formula is C10H12ClFN2O2. The molecule has 1 aromatic carbocycles. The predicted molar refractivity (Wildman–Crippen MR) is 62.0 cm³/mol. The van der Waals surface area contributed by atoms with Gasteiger partial charge in [0.05, 0.1) is 4.92 Å². The van der Waals surface area contributed by atoms with E-state index in [0.717, 1.165) is 12.1 Å². The number of hydrogen-bond acceptors (Lipinski definition) is 3. The van der Waals surface area contributed by atoms with E-state index in [9.17, 15) is 14.5 Å². The van der Waals surface area contributed by atoms with Crippen molar-refractivity contribution in [3.05, 3.63) is 52.3 Å². The molecule has 6 heteroatoms. The van der Waals surface area contributed by atoms with E-state index in [4.69, 9.17) is 5.73 Å². The van der Waals surface area contributed by atoms with Crippen molar-refractivity contribution in [1.82, 2.24) is 0 Å². The molecule has 0 aliphatic carbocycles. The average molecular weight is 247 g/mol. The molecule has 16 heavy (non-hydrogen) atoms. The molecule has 0 radical (unpaired) electrons. The molecular weight excluding hydrogens is 235 g/mol. The van der Waals surface area contributed by atoms with E-state index in [-0.39, 0.29) is 18.4 Å². The number of hydrogen-bond donors (Lipinski definition) is 1. The fourth-order valence-electron chi connectivity index (χ4n) is 1.22. The van der Waals surface area contributed by atoms with Gasteiger partial charge in [-0.25, -0.2) is 0 Å². The van der Waals surface area contributed by atoms with Gasteiger partial charge in [0.25, 0.3) is 0 Å². The van der Waals surface area contributed by atoms with E-state index in [0.29, 0.717) is 12.0 Å². The molecule has 0 unspecified atom stereocenters. The summed E-state index contributed by atoms with van der Waals surface area (Å²) in [6, 6.07) is 3.26. The van der Waals surface area contributed by atoms with Gasteiger partial charge in [0, 0.05) is 12.1 Å². The summed E-state index contributed by atoms with van der Waals surface area (Å²) in [5.41, 5.74) is 5.69. The van der Waals surface area contributed by atoms with E-state index in [1.165, 1.54) is 6.07 Å². The van der Waals surface area contributed by atoms with Gasteiger partial charge in [-0.1, -0.05) is 12.1 Å². The maximum Gasteiger partial charge on any atom is 0.305 e. The van der Waals surface area contributed by atoms with Crippen molar-refractivity contribution < 1.29 is 9.31 Å². The Kier molecular flexibility index (Phi) is 5.63. The molecule has 0 saturated carbocycles. The molecule has 1 rings (SSSR count). The standard InChI is InChI=1S/C10H11FN2O2.ClH/c1-2-3-9(12)7-4-5-8(11)10(6-7)13(14)15;/h2,4-6,9H,1,3,12H2;1H/t9-;/m1./s1. The third kappa shape index (κ3) is 3.29. The van der Waals surface area contributed by atoms with E-state index in [1.54, 1.807) is 6.08 Å². The van der Waals surface area contributed by atoms with Crippen LogP contribution in [0, 0.1) is 15.9 Å². The molecule has 0 amide bonds. The van der Waals surface area contributed by atoms with E-state index in [1.807, 2.05) is 0 Å². The molecule has 0 spiro atoms. The fraction of sp³-hybridized carbons (Fsp3) is 0.200. The Bertz CT molecular complexity index is 398. The van der Waals surface area contributed by atoms with Gasteiger partial charge >= 0.3 is 5.69 Å². The molecule has 0 aliphatic heterocycles. The van der Waals surface area contributed by atoms with Crippen molar-refractivity contribution in [3.63, 3.8) is 0 Å². The molecule has 0 fully saturated rings. The lowest BCUT2D eigenvalue weighted by Gasteiger charge is -2.08. The molecule has 4 nitrogen and oxygen atoms in total. The zero-order chi connectivity index (χ0) is 11.4. The minimum Gasteiger partial charge on any atom is -0.324 e. The van der Waals surface area contributed by atoms with E-state index < -0.39 is 16.4 Å². The summed E-state index contributed by atoms with van der Waals surface area (Å²) in [5.74, 6) is -0.852. The van der Waals surface area contributed by atoms with Crippen molar-refractivity contribution >= 4 is 18.1 Å². The average Bonchev–Trinajstić information content (AvgIpc) is 2.18. The first-order valence-electron chi connectivity index (χ1n) is 4.36. The second-order valence-electron chi connectivity index (χ2n) is 3.10. The third-order valence-corrected chi connectivity index (χ3v) is 2.02. The van der Waals surface area contributed by atoms with Crippen LogP contribution in [0.15, 0.2) is 30.9 Å². The molecule has 0 bridgehead atoms. The Morgan fingerprint density at radius 1 is 1.62 bits per heavy atom. The minimum absolute atomic E-state index is 0. The van der Waals surface area contributed by atoms with Crippen LogP contribution in [0.3, 0.4) is 0 Å². The summed E-state index contributed by atoms with van der Waals surface area (Å²) in [7, 11) is 0. The van der Waals surface area contributed by atoms with E-state index in [2.05, 4.69) is 6.58 Å². The van der Waals surface area contributed by atoms with Crippen LogP contribution >= 0.6 is 12.4 Å². The number of nitro groups is 1. The van der Waals surface area contributed by atoms with Gasteiger partial charge in [-0.15, -0.1) is 19.0 Å². The maximum atomic E-state index is 13.0. The van der Waals surface area contributed by atoms with Crippen LogP contribution in [0.1, 0.15) is 18.0 Å². The lowest BCUT2D eigenvalue weighted by atomic mass is 10.0. The number of nitrogens with zero attached hydrogens (tertiary/aromatic N) is 1.